The first-order valence-electron chi connectivity index (χ1n) is 9.36. The number of nitrogens with one attached hydrogen (secondary N) is 1. The first-order valence-corrected chi connectivity index (χ1v) is 9.74. The molecule has 2 aromatic rings. The molecule has 1 aromatic carbocycles. The number of nitriles is 1. The van der Waals surface area contributed by atoms with Crippen molar-refractivity contribution in [2.45, 2.75) is 20.4 Å². The Hall–Kier alpha value is -3.68. The number of aryl methyl sites for hydroxylation is 1. The molecule has 0 spiro atoms. The van der Waals surface area contributed by atoms with E-state index < -0.39 is 23.4 Å². The highest BCUT2D eigenvalue weighted by molar-refractivity contribution is 6.33. The van der Waals surface area contributed by atoms with Crippen LogP contribution in [0.5, 0.6) is 0 Å². The molecule has 1 amide bonds. The van der Waals surface area contributed by atoms with Crippen molar-refractivity contribution in [3.05, 3.63) is 61.9 Å². The second kappa shape index (κ2) is 11.1. The summed E-state index contributed by atoms with van der Waals surface area (Å²) >= 11 is 5.93. The average molecular weight is 461 g/mol. The van der Waals surface area contributed by atoms with Crippen LogP contribution in [-0.4, -0.2) is 41.7 Å². The van der Waals surface area contributed by atoms with Gasteiger partial charge in [-0.1, -0.05) is 11.6 Å². The smallest absolute Gasteiger partial charge is 0.349 e. The van der Waals surface area contributed by atoms with Gasteiger partial charge < -0.3 is 19.4 Å². The summed E-state index contributed by atoms with van der Waals surface area (Å²) in [6.45, 7) is 4.17. The lowest BCUT2D eigenvalue weighted by Gasteiger charge is -2.08. The third-order valence-corrected chi connectivity index (χ3v) is 4.87. The number of nitrogens with zero attached hydrogens (tertiary/aromatic N) is 3. The molecule has 10 nitrogen and oxygen atoms in total. The van der Waals surface area contributed by atoms with Crippen LogP contribution in [0.25, 0.3) is 6.08 Å². The summed E-state index contributed by atoms with van der Waals surface area (Å²) in [7, 11) is 1.60. The molecule has 0 unspecified atom stereocenters. The van der Waals surface area contributed by atoms with Crippen molar-refractivity contribution in [2.75, 3.05) is 25.6 Å². The SMILES string of the molecule is COCCn1c(C)cc(/C=C(\C#N)C(=O)OCC(=O)Nc2cc([N+](=O)[O-])ccc2Cl)c1C. The summed E-state index contributed by atoms with van der Waals surface area (Å²) in [6.07, 6.45) is 1.39. The molecule has 0 aliphatic heterocycles. The number of esters is 1. The zero-order valence-electron chi connectivity index (χ0n) is 17.7. The third kappa shape index (κ3) is 6.16. The average Bonchev–Trinajstić information content (AvgIpc) is 3.02. The van der Waals surface area contributed by atoms with Crippen molar-refractivity contribution < 1.29 is 24.0 Å². The fourth-order valence-electron chi connectivity index (χ4n) is 2.91. The second-order valence-corrected chi connectivity index (χ2v) is 7.09. The van der Waals surface area contributed by atoms with Crippen LogP contribution in [-0.2, 0) is 25.6 Å². The molecule has 0 aliphatic rings. The summed E-state index contributed by atoms with van der Waals surface area (Å²) in [5, 5.41) is 22.6. The first kappa shape index (κ1) is 24.6. The Kier molecular flexibility index (Phi) is 8.52. The molecule has 0 saturated carbocycles. The van der Waals surface area contributed by atoms with Gasteiger partial charge in [0.25, 0.3) is 11.6 Å². The second-order valence-electron chi connectivity index (χ2n) is 6.69. The molecular weight excluding hydrogens is 440 g/mol. The molecular formula is C21H21ClN4O6. The number of carbonyl (C=O) groups excluding carboxylic acids is 2. The van der Waals surface area contributed by atoms with E-state index in [-0.39, 0.29) is 22.0 Å². The highest BCUT2D eigenvalue weighted by Crippen LogP contribution is 2.26. The van der Waals surface area contributed by atoms with Gasteiger partial charge in [0, 0.05) is 37.2 Å². The monoisotopic (exact) mass is 460 g/mol. The van der Waals surface area contributed by atoms with E-state index in [1.54, 1.807) is 13.2 Å². The number of non-ortho nitro benzene ring substituents is 1. The number of carbonyl (C=O) groups is 2. The molecule has 1 aromatic heterocycles. The fraction of sp³-hybridized carbons (Fsp3) is 0.286. The van der Waals surface area contributed by atoms with E-state index in [1.165, 1.54) is 18.2 Å². The van der Waals surface area contributed by atoms with Gasteiger partial charge in [0.1, 0.15) is 11.6 Å². The van der Waals surface area contributed by atoms with Gasteiger partial charge >= 0.3 is 5.97 Å². The van der Waals surface area contributed by atoms with Crippen LogP contribution in [0.4, 0.5) is 11.4 Å². The number of benzene rings is 1. The van der Waals surface area contributed by atoms with Gasteiger partial charge in [-0.2, -0.15) is 5.26 Å². The van der Waals surface area contributed by atoms with E-state index in [1.807, 2.05) is 24.5 Å². The van der Waals surface area contributed by atoms with Crippen LogP contribution < -0.4 is 5.32 Å². The Morgan fingerprint density at radius 2 is 2.06 bits per heavy atom. The predicted octanol–water partition coefficient (Wildman–Crippen LogP) is 3.40. The number of aromatic nitrogens is 1. The van der Waals surface area contributed by atoms with Crippen molar-refractivity contribution in [3.63, 3.8) is 0 Å². The van der Waals surface area contributed by atoms with Gasteiger partial charge in [-0.25, -0.2) is 4.79 Å². The maximum absolute atomic E-state index is 12.3. The van der Waals surface area contributed by atoms with Crippen molar-refractivity contribution in [3.8, 4) is 6.07 Å². The number of methoxy groups -OCH3 is 1. The molecule has 1 heterocycles. The summed E-state index contributed by atoms with van der Waals surface area (Å²) in [5.74, 6) is -1.75. The minimum absolute atomic E-state index is 0.00135. The molecule has 1 N–H and O–H groups in total. The highest BCUT2D eigenvalue weighted by atomic mass is 35.5. The topological polar surface area (TPSA) is 136 Å². The van der Waals surface area contributed by atoms with Gasteiger partial charge in [-0.15, -0.1) is 0 Å². The lowest BCUT2D eigenvalue weighted by Crippen LogP contribution is -2.21. The van der Waals surface area contributed by atoms with Gasteiger partial charge in [0.2, 0.25) is 0 Å². The van der Waals surface area contributed by atoms with Crippen LogP contribution in [0.1, 0.15) is 17.0 Å². The summed E-state index contributed by atoms with van der Waals surface area (Å²) in [4.78, 5) is 34.6. The van der Waals surface area contributed by atoms with E-state index >= 15 is 0 Å². The molecule has 32 heavy (non-hydrogen) atoms. The highest BCUT2D eigenvalue weighted by Gasteiger charge is 2.17. The van der Waals surface area contributed by atoms with Crippen molar-refractivity contribution in [2.24, 2.45) is 0 Å². The van der Waals surface area contributed by atoms with E-state index in [2.05, 4.69) is 5.32 Å². The minimum atomic E-state index is -0.977. The van der Waals surface area contributed by atoms with Crippen LogP contribution in [0.3, 0.4) is 0 Å². The fourth-order valence-corrected chi connectivity index (χ4v) is 3.08. The molecule has 0 fully saturated rings. The molecule has 2 rings (SSSR count). The number of hydrogen-bond donors (Lipinski definition) is 1. The van der Waals surface area contributed by atoms with Gasteiger partial charge in [-0.3, -0.25) is 14.9 Å². The Morgan fingerprint density at radius 1 is 1.34 bits per heavy atom. The Balaban J connectivity index is 2.07. The molecule has 0 saturated heterocycles. The zero-order chi connectivity index (χ0) is 23.8. The molecule has 0 aliphatic carbocycles. The van der Waals surface area contributed by atoms with Crippen molar-refractivity contribution >= 4 is 40.9 Å². The van der Waals surface area contributed by atoms with E-state index in [0.717, 1.165) is 17.5 Å². The number of rotatable bonds is 9. The van der Waals surface area contributed by atoms with Crippen LogP contribution in [0.2, 0.25) is 5.02 Å². The summed E-state index contributed by atoms with van der Waals surface area (Å²) < 4.78 is 12.0. The van der Waals surface area contributed by atoms with Crippen LogP contribution >= 0.6 is 11.6 Å². The van der Waals surface area contributed by atoms with E-state index in [4.69, 9.17) is 21.1 Å². The summed E-state index contributed by atoms with van der Waals surface area (Å²) in [5.41, 5.74) is 1.90. The zero-order valence-corrected chi connectivity index (χ0v) is 18.4. The van der Waals surface area contributed by atoms with Crippen LogP contribution in [0.15, 0.2) is 29.8 Å². The van der Waals surface area contributed by atoms with Crippen LogP contribution in [0, 0.1) is 35.3 Å². The van der Waals surface area contributed by atoms with E-state index in [9.17, 15) is 25.0 Å². The lowest BCUT2D eigenvalue weighted by molar-refractivity contribution is -0.384. The molecule has 0 radical (unpaired) electrons. The number of hydrogen-bond acceptors (Lipinski definition) is 7. The number of anilines is 1. The number of nitro groups is 1. The largest absolute Gasteiger partial charge is 0.451 e. The quantitative estimate of drug-likeness (QED) is 0.199. The van der Waals surface area contributed by atoms with Gasteiger partial charge in [-0.05, 0) is 37.6 Å². The molecule has 0 bridgehead atoms. The lowest BCUT2D eigenvalue weighted by atomic mass is 10.1. The first-order chi connectivity index (χ1) is 15.2. The minimum Gasteiger partial charge on any atom is -0.451 e. The van der Waals surface area contributed by atoms with E-state index in [0.29, 0.717) is 18.7 Å². The Bertz CT molecular complexity index is 1120. The standard InChI is InChI=1S/C21H21ClN4O6/c1-13-8-15(14(2)25(13)6-7-31-3)9-16(11-23)21(28)32-12-20(27)24-19-10-17(26(29)30)4-5-18(19)22/h4-5,8-10H,6-7,12H2,1-3H3,(H,24,27)/b16-9+. The number of amides is 1. The predicted molar refractivity (Wildman–Crippen MR) is 117 cm³/mol. The number of ether oxygens (including phenoxy) is 2. The normalized spacial score (nSPS) is 11.0. The maximum Gasteiger partial charge on any atom is 0.349 e. The van der Waals surface area contributed by atoms with Gasteiger partial charge in [0.05, 0.1) is 22.2 Å². The maximum atomic E-state index is 12.3. The molecule has 168 valence electrons. The number of halogens is 1. The van der Waals surface area contributed by atoms with Gasteiger partial charge in [0.15, 0.2) is 6.61 Å². The Morgan fingerprint density at radius 3 is 2.69 bits per heavy atom. The number of nitro benzene ring substituents is 1. The van der Waals surface area contributed by atoms with Crippen molar-refractivity contribution in [1.82, 2.24) is 4.57 Å². The third-order valence-electron chi connectivity index (χ3n) is 4.54. The molecule has 0 atom stereocenters. The Labute approximate surface area is 189 Å². The summed E-state index contributed by atoms with van der Waals surface area (Å²) in [6, 6.07) is 7.14. The molecule has 11 heteroatoms. The van der Waals surface area contributed by atoms with Crippen molar-refractivity contribution in [1.29, 1.82) is 5.26 Å².